The van der Waals surface area contributed by atoms with Crippen LogP contribution in [0.3, 0.4) is 0 Å². The first-order chi connectivity index (χ1) is 16.6. The topological polar surface area (TPSA) is 36.8 Å². The van der Waals surface area contributed by atoms with Gasteiger partial charge in [0.1, 0.15) is 5.84 Å². The minimum Gasteiger partial charge on any atom is -0.347 e. The van der Waals surface area contributed by atoms with Gasteiger partial charge < -0.3 is 10.3 Å². The van der Waals surface area contributed by atoms with Gasteiger partial charge in [-0.3, -0.25) is 4.99 Å². The zero-order valence-electron chi connectivity index (χ0n) is 24.0. The maximum Gasteiger partial charge on any atom is 0.132 e. The molecular weight excluding hydrogens is 426 g/mol. The van der Waals surface area contributed by atoms with Crippen LogP contribution in [-0.4, -0.2) is 19.1 Å². The Labute approximate surface area is 217 Å². The third-order valence-electron chi connectivity index (χ3n) is 4.62. The Morgan fingerprint density at radius 2 is 1.66 bits per heavy atom. The molecule has 0 aliphatic heterocycles. The average molecular weight is 478 g/mol. The third kappa shape index (κ3) is 17.2. The summed E-state index contributed by atoms with van der Waals surface area (Å²) >= 11 is 0. The molecule has 0 bridgehead atoms. The average Bonchev–Trinajstić information content (AvgIpc) is 2.82. The molecule has 0 saturated carbocycles. The number of nitrogens with one attached hydrogen (secondary N) is 1. The monoisotopic (exact) mass is 477 g/mol. The van der Waals surface area contributed by atoms with Gasteiger partial charge in [0.2, 0.25) is 0 Å². The SMILES string of the molecule is C=CCC=C(/C=C\C)C(=NCc1ccc(C(C)(C)C)cc1)N/C=C(\C)CC(=C)C.C=NCC.CC. The van der Waals surface area contributed by atoms with Crippen molar-refractivity contribution in [1.29, 1.82) is 0 Å². The Balaban J connectivity index is 0. The smallest absolute Gasteiger partial charge is 0.132 e. The van der Waals surface area contributed by atoms with E-state index in [4.69, 9.17) is 4.99 Å². The van der Waals surface area contributed by atoms with Crippen LogP contribution in [0.25, 0.3) is 0 Å². The highest BCUT2D eigenvalue weighted by atomic mass is 15.0. The van der Waals surface area contributed by atoms with E-state index in [0.29, 0.717) is 6.54 Å². The van der Waals surface area contributed by atoms with Gasteiger partial charge in [-0.25, -0.2) is 0 Å². The van der Waals surface area contributed by atoms with E-state index in [-0.39, 0.29) is 5.41 Å². The lowest BCUT2D eigenvalue weighted by Gasteiger charge is -2.19. The van der Waals surface area contributed by atoms with E-state index in [2.05, 4.69) is 94.3 Å². The van der Waals surface area contributed by atoms with Gasteiger partial charge in [0.15, 0.2) is 0 Å². The number of aliphatic imine (C=N–C) groups is 2. The first-order valence-corrected chi connectivity index (χ1v) is 12.7. The van der Waals surface area contributed by atoms with E-state index in [0.717, 1.165) is 36.4 Å². The highest BCUT2D eigenvalue weighted by Crippen LogP contribution is 2.22. The summed E-state index contributed by atoms with van der Waals surface area (Å²) in [5.41, 5.74) is 6.13. The summed E-state index contributed by atoms with van der Waals surface area (Å²) in [5, 5.41) is 3.42. The summed E-state index contributed by atoms with van der Waals surface area (Å²) in [5.74, 6) is 0.867. The van der Waals surface area contributed by atoms with Gasteiger partial charge in [-0.05, 0) is 63.8 Å². The summed E-state index contributed by atoms with van der Waals surface area (Å²) < 4.78 is 0. The maximum atomic E-state index is 4.89. The van der Waals surface area contributed by atoms with Crippen LogP contribution in [0.2, 0.25) is 0 Å². The van der Waals surface area contributed by atoms with E-state index in [1.807, 2.05) is 53.0 Å². The molecule has 35 heavy (non-hydrogen) atoms. The van der Waals surface area contributed by atoms with E-state index in [1.165, 1.54) is 16.7 Å². The molecule has 194 valence electrons. The Morgan fingerprint density at radius 3 is 2.09 bits per heavy atom. The molecule has 0 saturated heterocycles. The van der Waals surface area contributed by atoms with Crippen LogP contribution in [0.5, 0.6) is 0 Å². The molecule has 1 aromatic rings. The summed E-state index contributed by atoms with van der Waals surface area (Å²) in [6.07, 6.45) is 11.9. The fourth-order valence-electron chi connectivity index (χ4n) is 2.85. The zero-order valence-corrected chi connectivity index (χ0v) is 24.0. The van der Waals surface area contributed by atoms with Crippen LogP contribution in [0.4, 0.5) is 0 Å². The Hall–Kier alpha value is -2.94. The molecule has 0 atom stereocenters. The summed E-state index contributed by atoms with van der Waals surface area (Å²) in [4.78, 5) is 8.38. The molecule has 1 N–H and O–H groups in total. The predicted molar refractivity (Wildman–Crippen MR) is 162 cm³/mol. The van der Waals surface area contributed by atoms with Crippen LogP contribution in [0, 0.1) is 0 Å². The second-order valence-corrected chi connectivity index (χ2v) is 9.10. The van der Waals surface area contributed by atoms with Gasteiger partial charge >= 0.3 is 0 Å². The minimum absolute atomic E-state index is 0.159. The standard InChI is InChI=1S/C27H38N2.C3H7N.C2H6/c1-9-11-13-24(12-10-2)26(28-19-22(5)18-21(3)4)29-20-23-14-16-25(17-15-23)27(6,7)8;1-3-4-2;1-2/h9-10,12-17,19H,1,3,11,18,20H2,2,4-8H3,(H,28,29);2-3H2,1H3;1-2H3/b12-10-,22-19+,24-13?;;. The quantitative estimate of drug-likeness (QED) is 0.155. The van der Waals surface area contributed by atoms with E-state index in [1.54, 1.807) is 0 Å². The third-order valence-corrected chi connectivity index (χ3v) is 4.62. The van der Waals surface area contributed by atoms with Crippen molar-refractivity contribution in [3.05, 3.63) is 95.8 Å². The molecule has 0 aliphatic carbocycles. The Bertz CT molecular complexity index is 857. The summed E-state index contributed by atoms with van der Waals surface area (Å²) in [6.45, 7) is 31.3. The van der Waals surface area contributed by atoms with Crippen LogP contribution < -0.4 is 5.32 Å². The molecule has 0 radical (unpaired) electrons. The van der Waals surface area contributed by atoms with Gasteiger partial charge in [0.25, 0.3) is 0 Å². The molecule has 0 aromatic heterocycles. The Morgan fingerprint density at radius 1 is 1.09 bits per heavy atom. The Kier molecular flexibility index (Phi) is 20.0. The summed E-state index contributed by atoms with van der Waals surface area (Å²) in [6, 6.07) is 8.75. The van der Waals surface area contributed by atoms with Crippen LogP contribution in [0.1, 0.15) is 86.3 Å². The molecule has 0 unspecified atom stereocenters. The predicted octanol–water partition coefficient (Wildman–Crippen LogP) is 9.15. The van der Waals surface area contributed by atoms with Crippen molar-refractivity contribution in [3.8, 4) is 0 Å². The number of benzene rings is 1. The lowest BCUT2D eigenvalue weighted by molar-refractivity contribution is 0.590. The fraction of sp³-hybridized carbons (Fsp3) is 0.438. The molecular formula is C32H51N3. The number of rotatable bonds is 10. The van der Waals surface area contributed by atoms with Crippen LogP contribution in [-0.2, 0) is 12.0 Å². The van der Waals surface area contributed by atoms with E-state index < -0.39 is 0 Å². The van der Waals surface area contributed by atoms with Gasteiger partial charge in [0.05, 0.1) is 6.54 Å². The summed E-state index contributed by atoms with van der Waals surface area (Å²) in [7, 11) is 0. The highest BCUT2D eigenvalue weighted by molar-refractivity contribution is 6.01. The second kappa shape index (κ2) is 20.4. The zero-order chi connectivity index (χ0) is 27.3. The first kappa shape index (κ1) is 34.2. The number of hydrogen-bond acceptors (Lipinski definition) is 2. The first-order valence-electron chi connectivity index (χ1n) is 12.7. The van der Waals surface area contributed by atoms with Crippen molar-refractivity contribution >= 4 is 12.6 Å². The van der Waals surface area contributed by atoms with Crippen LogP contribution in [0.15, 0.2) is 94.6 Å². The van der Waals surface area contributed by atoms with Gasteiger partial charge in [-0.15, -0.1) is 6.58 Å². The van der Waals surface area contributed by atoms with Crippen molar-refractivity contribution in [2.24, 2.45) is 9.98 Å². The molecule has 0 amide bonds. The fourth-order valence-corrected chi connectivity index (χ4v) is 2.85. The second-order valence-electron chi connectivity index (χ2n) is 9.10. The van der Waals surface area contributed by atoms with Crippen molar-refractivity contribution in [2.45, 2.75) is 87.1 Å². The largest absolute Gasteiger partial charge is 0.347 e. The molecule has 0 spiro atoms. The molecule has 0 aliphatic rings. The molecule has 1 aromatic carbocycles. The van der Waals surface area contributed by atoms with Gasteiger partial charge in [0, 0.05) is 18.3 Å². The van der Waals surface area contributed by atoms with Crippen molar-refractivity contribution < 1.29 is 0 Å². The maximum absolute atomic E-state index is 4.89. The normalized spacial score (nSPS) is 12.2. The highest BCUT2D eigenvalue weighted by Gasteiger charge is 2.12. The van der Waals surface area contributed by atoms with E-state index in [9.17, 15) is 0 Å². The number of allylic oxidation sites excluding steroid dienone is 5. The number of amidine groups is 1. The van der Waals surface area contributed by atoms with E-state index >= 15 is 0 Å². The van der Waals surface area contributed by atoms with Crippen molar-refractivity contribution in [2.75, 3.05) is 6.54 Å². The molecule has 0 heterocycles. The molecule has 3 heteroatoms. The lowest BCUT2D eigenvalue weighted by Crippen LogP contribution is -2.20. The number of nitrogens with zero attached hydrogens (tertiary/aromatic N) is 2. The lowest BCUT2D eigenvalue weighted by atomic mass is 9.87. The molecule has 0 fully saturated rings. The molecule has 1 rings (SSSR count). The molecule has 3 nitrogen and oxygen atoms in total. The number of hydrogen-bond donors (Lipinski definition) is 1. The van der Waals surface area contributed by atoms with Crippen molar-refractivity contribution in [1.82, 2.24) is 5.32 Å². The minimum atomic E-state index is 0.159. The van der Waals surface area contributed by atoms with Gasteiger partial charge in [-0.1, -0.05) is 101 Å². The van der Waals surface area contributed by atoms with Gasteiger partial charge in [-0.2, -0.15) is 0 Å². The van der Waals surface area contributed by atoms with Crippen molar-refractivity contribution in [3.63, 3.8) is 0 Å². The van der Waals surface area contributed by atoms with Crippen LogP contribution >= 0.6 is 0 Å².